The zero-order chi connectivity index (χ0) is 20.5. The van der Waals surface area contributed by atoms with Crippen LogP contribution >= 0.6 is 0 Å². The second kappa shape index (κ2) is 7.47. The molecule has 0 aliphatic carbocycles. The summed E-state index contributed by atoms with van der Waals surface area (Å²) in [5.41, 5.74) is 5.40. The molecular weight excluding hydrogens is 340 g/mol. The quantitative estimate of drug-likeness (QED) is 0.483. The zero-order valence-electron chi connectivity index (χ0n) is 18.0. The lowest BCUT2D eigenvalue weighted by molar-refractivity contribution is 0.421. The van der Waals surface area contributed by atoms with E-state index in [-0.39, 0.29) is 16.7 Å². The molecule has 146 valence electrons. The van der Waals surface area contributed by atoms with Gasteiger partial charge in [-0.25, -0.2) is 0 Å². The van der Waals surface area contributed by atoms with E-state index in [0.717, 1.165) is 11.1 Å². The largest absolute Gasteiger partial charge is 0.507 e. The van der Waals surface area contributed by atoms with Crippen molar-refractivity contribution in [1.29, 1.82) is 0 Å². The van der Waals surface area contributed by atoms with Crippen molar-refractivity contribution in [2.24, 2.45) is 0 Å². The van der Waals surface area contributed by atoms with Crippen molar-refractivity contribution in [3.8, 4) is 5.75 Å². The van der Waals surface area contributed by atoms with Gasteiger partial charge in [-0.15, -0.1) is 0 Å². The van der Waals surface area contributed by atoms with Crippen LogP contribution in [0, 0.1) is 0 Å². The molecule has 3 aromatic carbocycles. The Bertz CT molecular complexity index is 886. The first kappa shape index (κ1) is 20.2. The molecule has 0 unspecified atom stereocenters. The predicted molar refractivity (Wildman–Crippen MR) is 119 cm³/mol. The van der Waals surface area contributed by atoms with E-state index < -0.39 is 0 Å². The molecule has 0 bridgehead atoms. The second-order valence-electron chi connectivity index (χ2n) is 9.68. The minimum Gasteiger partial charge on any atom is -0.507 e. The SMILES string of the molecule is CC(C)(C)c1ccc(C(c2ccccc2)c2ccccc2)c(C(C)(C)C)c1O. The van der Waals surface area contributed by atoms with Crippen LogP contribution < -0.4 is 0 Å². The fourth-order valence-corrected chi connectivity index (χ4v) is 4.08. The molecule has 0 aromatic heterocycles. The van der Waals surface area contributed by atoms with Gasteiger partial charge in [0.15, 0.2) is 0 Å². The summed E-state index contributed by atoms with van der Waals surface area (Å²) in [5.74, 6) is 0.519. The third-order valence-corrected chi connectivity index (χ3v) is 5.34. The molecule has 1 heteroatoms. The van der Waals surface area contributed by atoms with Crippen LogP contribution in [0.3, 0.4) is 0 Å². The van der Waals surface area contributed by atoms with E-state index >= 15 is 0 Å². The summed E-state index contributed by atoms with van der Waals surface area (Å²) in [5, 5.41) is 11.4. The molecule has 0 saturated carbocycles. The summed E-state index contributed by atoms with van der Waals surface area (Å²) in [6.45, 7) is 13.0. The minimum absolute atomic E-state index is 0.0801. The number of hydrogen-bond acceptors (Lipinski definition) is 1. The van der Waals surface area contributed by atoms with Gasteiger partial charge in [0, 0.05) is 11.5 Å². The van der Waals surface area contributed by atoms with Crippen molar-refractivity contribution in [2.75, 3.05) is 0 Å². The van der Waals surface area contributed by atoms with Crippen LogP contribution in [0.25, 0.3) is 0 Å². The second-order valence-corrected chi connectivity index (χ2v) is 9.68. The maximum Gasteiger partial charge on any atom is 0.123 e. The number of benzene rings is 3. The van der Waals surface area contributed by atoms with E-state index in [0.29, 0.717) is 5.75 Å². The molecule has 0 heterocycles. The Morgan fingerprint density at radius 1 is 0.607 bits per heavy atom. The molecule has 28 heavy (non-hydrogen) atoms. The van der Waals surface area contributed by atoms with E-state index in [1.807, 2.05) is 0 Å². The Morgan fingerprint density at radius 3 is 1.46 bits per heavy atom. The normalized spacial score (nSPS) is 12.4. The summed E-state index contributed by atoms with van der Waals surface area (Å²) in [4.78, 5) is 0. The van der Waals surface area contributed by atoms with Gasteiger partial charge in [0.25, 0.3) is 0 Å². The van der Waals surface area contributed by atoms with Gasteiger partial charge in [-0.1, -0.05) is 114 Å². The van der Waals surface area contributed by atoms with Crippen LogP contribution in [0.5, 0.6) is 5.75 Å². The van der Waals surface area contributed by atoms with Gasteiger partial charge in [0.05, 0.1) is 0 Å². The van der Waals surface area contributed by atoms with Gasteiger partial charge in [-0.05, 0) is 33.1 Å². The first-order valence-corrected chi connectivity index (χ1v) is 10.1. The Morgan fingerprint density at radius 2 is 1.07 bits per heavy atom. The molecule has 0 aliphatic heterocycles. The van der Waals surface area contributed by atoms with Crippen molar-refractivity contribution in [3.05, 3.63) is 101 Å². The van der Waals surface area contributed by atoms with Crippen molar-refractivity contribution in [1.82, 2.24) is 0 Å². The number of phenols is 1. The molecule has 0 radical (unpaired) electrons. The number of rotatable bonds is 3. The summed E-state index contributed by atoms with van der Waals surface area (Å²) < 4.78 is 0. The molecule has 0 atom stereocenters. The lowest BCUT2D eigenvalue weighted by atomic mass is 9.72. The molecule has 0 fully saturated rings. The van der Waals surface area contributed by atoms with E-state index in [1.165, 1.54) is 16.7 Å². The highest BCUT2D eigenvalue weighted by Gasteiger charge is 2.31. The smallest absolute Gasteiger partial charge is 0.123 e. The molecule has 0 spiro atoms. The monoisotopic (exact) mass is 372 g/mol. The fraction of sp³-hybridized carbons (Fsp3) is 0.333. The topological polar surface area (TPSA) is 20.2 Å². The Kier molecular flexibility index (Phi) is 5.39. The Balaban J connectivity index is 2.34. The van der Waals surface area contributed by atoms with Gasteiger partial charge in [0.1, 0.15) is 5.75 Å². The van der Waals surface area contributed by atoms with E-state index in [9.17, 15) is 5.11 Å². The average molecular weight is 373 g/mol. The summed E-state index contributed by atoms with van der Waals surface area (Å²) >= 11 is 0. The van der Waals surface area contributed by atoms with Gasteiger partial charge in [-0.3, -0.25) is 0 Å². The minimum atomic E-state index is -0.178. The molecule has 3 aromatic rings. The Hall–Kier alpha value is -2.54. The fourth-order valence-electron chi connectivity index (χ4n) is 4.08. The van der Waals surface area contributed by atoms with E-state index in [2.05, 4.69) is 114 Å². The number of phenolic OH excluding ortho intramolecular Hbond substituents is 1. The third-order valence-electron chi connectivity index (χ3n) is 5.34. The Labute approximate surface area is 170 Å². The van der Waals surface area contributed by atoms with Gasteiger partial charge < -0.3 is 5.11 Å². The zero-order valence-corrected chi connectivity index (χ0v) is 18.0. The third kappa shape index (κ3) is 3.99. The average Bonchev–Trinajstić information content (AvgIpc) is 2.61. The van der Waals surface area contributed by atoms with Crippen LogP contribution in [0.15, 0.2) is 72.8 Å². The first-order chi connectivity index (χ1) is 13.1. The summed E-state index contributed by atoms with van der Waals surface area (Å²) in [6, 6.07) is 25.5. The molecular formula is C27H32O. The van der Waals surface area contributed by atoms with Crippen LogP contribution in [-0.4, -0.2) is 5.11 Å². The summed E-state index contributed by atoms with van der Waals surface area (Å²) in [6.07, 6.45) is 0. The van der Waals surface area contributed by atoms with E-state index in [1.54, 1.807) is 0 Å². The molecule has 3 rings (SSSR count). The van der Waals surface area contributed by atoms with Crippen LogP contribution in [0.4, 0.5) is 0 Å². The maximum atomic E-state index is 11.4. The summed E-state index contributed by atoms with van der Waals surface area (Å²) in [7, 11) is 0. The van der Waals surface area contributed by atoms with Crippen molar-refractivity contribution >= 4 is 0 Å². The highest BCUT2D eigenvalue weighted by molar-refractivity contribution is 5.57. The van der Waals surface area contributed by atoms with Gasteiger partial charge in [-0.2, -0.15) is 0 Å². The molecule has 1 N–H and O–H groups in total. The van der Waals surface area contributed by atoms with Crippen LogP contribution in [0.2, 0.25) is 0 Å². The lowest BCUT2D eigenvalue weighted by Gasteiger charge is -2.32. The van der Waals surface area contributed by atoms with Gasteiger partial charge in [0.2, 0.25) is 0 Å². The van der Waals surface area contributed by atoms with Crippen molar-refractivity contribution < 1.29 is 5.11 Å². The van der Waals surface area contributed by atoms with Gasteiger partial charge >= 0.3 is 0 Å². The predicted octanol–water partition coefficient (Wildman–Crippen LogP) is 7.17. The van der Waals surface area contributed by atoms with Crippen LogP contribution in [-0.2, 0) is 10.8 Å². The van der Waals surface area contributed by atoms with Crippen molar-refractivity contribution in [3.63, 3.8) is 0 Å². The number of hydrogen-bond donors (Lipinski definition) is 1. The molecule has 0 saturated heterocycles. The van der Waals surface area contributed by atoms with E-state index in [4.69, 9.17) is 0 Å². The highest BCUT2D eigenvalue weighted by Crippen LogP contribution is 2.45. The highest BCUT2D eigenvalue weighted by atomic mass is 16.3. The van der Waals surface area contributed by atoms with Crippen molar-refractivity contribution in [2.45, 2.75) is 58.3 Å². The molecule has 1 nitrogen and oxygen atoms in total. The number of aromatic hydroxyl groups is 1. The maximum absolute atomic E-state index is 11.4. The standard InChI is InChI=1S/C27H32O/c1-26(2,3)22-18-17-21(24(25(22)28)27(4,5)6)23(19-13-9-7-10-14-19)20-15-11-8-12-16-20/h7-18,23,28H,1-6H3. The molecule has 0 amide bonds. The van der Waals surface area contributed by atoms with Crippen LogP contribution in [0.1, 0.15) is 75.3 Å². The lowest BCUT2D eigenvalue weighted by Crippen LogP contribution is -2.21. The molecule has 0 aliphatic rings. The first-order valence-electron chi connectivity index (χ1n) is 10.1.